The van der Waals surface area contributed by atoms with Gasteiger partial charge in [0.25, 0.3) is 5.91 Å². The first-order valence-electron chi connectivity index (χ1n) is 8.87. The van der Waals surface area contributed by atoms with Crippen LogP contribution < -0.4 is 20.3 Å². The molecule has 0 saturated carbocycles. The second-order valence-electron chi connectivity index (χ2n) is 6.37. The van der Waals surface area contributed by atoms with Crippen molar-refractivity contribution in [3.63, 3.8) is 0 Å². The Labute approximate surface area is 163 Å². The monoisotopic (exact) mass is 387 g/mol. The molecule has 1 aliphatic heterocycles. The first kappa shape index (κ1) is 19.1. The van der Waals surface area contributed by atoms with E-state index in [1.54, 1.807) is 25.1 Å². The van der Waals surface area contributed by atoms with Crippen LogP contribution in [0.25, 0.3) is 0 Å². The lowest BCUT2D eigenvalue weighted by Crippen LogP contribution is -2.51. The molecule has 7 heteroatoms. The van der Waals surface area contributed by atoms with Crippen LogP contribution in [0.15, 0.2) is 42.5 Å². The Bertz CT molecular complexity index is 859. The fraction of sp³-hybridized carbons (Fsp3) is 0.300. The molecule has 2 N–H and O–H groups in total. The highest BCUT2D eigenvalue weighted by Gasteiger charge is 2.32. The molecule has 0 radical (unpaired) electrons. The number of ether oxygens (including phenoxy) is 1. The Kier molecular flexibility index (Phi) is 5.91. The molecule has 3 rings (SSSR count). The van der Waals surface area contributed by atoms with Crippen molar-refractivity contribution in [1.82, 2.24) is 5.32 Å². The molecule has 1 heterocycles. The molecule has 1 aliphatic rings. The molecule has 1 amide bonds. The summed E-state index contributed by atoms with van der Waals surface area (Å²) in [6.45, 7) is 4.55. The number of aryl methyl sites for hydroxylation is 1. The second kappa shape index (κ2) is 8.35. The third-order valence-corrected chi connectivity index (χ3v) is 4.61. The number of para-hydroxylation sites is 2. The number of amides is 1. The molecule has 0 bridgehead atoms. The zero-order valence-corrected chi connectivity index (χ0v) is 16.1. The maximum absolute atomic E-state index is 13.8. The van der Waals surface area contributed by atoms with Crippen LogP contribution in [0, 0.1) is 12.7 Å². The number of nitrogens with zero attached hydrogens (tertiary/aromatic N) is 1. The van der Waals surface area contributed by atoms with Gasteiger partial charge in [-0.05, 0) is 55.4 Å². The molecule has 0 spiro atoms. The molecule has 27 heavy (non-hydrogen) atoms. The van der Waals surface area contributed by atoms with Crippen LogP contribution in [0.2, 0.25) is 0 Å². The summed E-state index contributed by atoms with van der Waals surface area (Å²) >= 11 is 5.54. The van der Waals surface area contributed by atoms with Gasteiger partial charge in [-0.15, -0.1) is 0 Å². The average molecular weight is 387 g/mol. The first-order valence-corrected chi connectivity index (χ1v) is 9.28. The van der Waals surface area contributed by atoms with E-state index in [0.717, 1.165) is 12.1 Å². The number of carbonyl (C=O) groups excluding carboxylic acids is 1. The predicted molar refractivity (Wildman–Crippen MR) is 109 cm³/mol. The van der Waals surface area contributed by atoms with Gasteiger partial charge in [0.15, 0.2) is 11.2 Å². The summed E-state index contributed by atoms with van der Waals surface area (Å²) in [7, 11) is 0. The predicted octanol–water partition coefficient (Wildman–Crippen LogP) is 3.62. The Balaban J connectivity index is 1.82. The van der Waals surface area contributed by atoms with E-state index in [0.29, 0.717) is 28.7 Å². The summed E-state index contributed by atoms with van der Waals surface area (Å²) < 4.78 is 19.7. The third kappa shape index (κ3) is 4.36. The summed E-state index contributed by atoms with van der Waals surface area (Å²) in [6.07, 6.45) is 0.165. The Morgan fingerprint density at radius 2 is 2.11 bits per heavy atom. The number of benzene rings is 2. The van der Waals surface area contributed by atoms with Gasteiger partial charge in [-0.2, -0.15) is 0 Å². The summed E-state index contributed by atoms with van der Waals surface area (Å²) in [5.74, 6) is 0.0992. The van der Waals surface area contributed by atoms with E-state index in [2.05, 4.69) is 10.6 Å². The van der Waals surface area contributed by atoms with Crippen molar-refractivity contribution < 1.29 is 13.9 Å². The third-order valence-electron chi connectivity index (χ3n) is 4.28. The van der Waals surface area contributed by atoms with E-state index in [4.69, 9.17) is 17.0 Å². The molecule has 2 aromatic rings. The zero-order chi connectivity index (χ0) is 19.4. The first-order chi connectivity index (χ1) is 13.0. The summed E-state index contributed by atoms with van der Waals surface area (Å²) in [6, 6.07) is 12.3. The van der Waals surface area contributed by atoms with Crippen molar-refractivity contribution >= 4 is 34.6 Å². The fourth-order valence-corrected chi connectivity index (χ4v) is 3.08. The van der Waals surface area contributed by atoms with Gasteiger partial charge in [-0.25, -0.2) is 4.39 Å². The number of nitrogens with one attached hydrogen (secondary N) is 2. The summed E-state index contributed by atoms with van der Waals surface area (Å²) in [4.78, 5) is 14.2. The van der Waals surface area contributed by atoms with Gasteiger partial charge in [-0.3, -0.25) is 4.79 Å². The lowest BCUT2D eigenvalue weighted by Gasteiger charge is -2.35. The molecule has 142 valence electrons. The number of halogens is 1. The van der Waals surface area contributed by atoms with Crippen LogP contribution in [-0.4, -0.2) is 30.2 Å². The van der Waals surface area contributed by atoms with Crippen molar-refractivity contribution in [3.8, 4) is 5.75 Å². The molecule has 0 saturated heterocycles. The van der Waals surface area contributed by atoms with E-state index in [1.807, 2.05) is 30.0 Å². The Morgan fingerprint density at radius 3 is 2.85 bits per heavy atom. The minimum atomic E-state index is -0.680. The molecular weight excluding hydrogens is 365 g/mol. The molecule has 0 fully saturated rings. The summed E-state index contributed by atoms with van der Waals surface area (Å²) in [5, 5.41) is 6.28. The van der Waals surface area contributed by atoms with Gasteiger partial charge in [0, 0.05) is 12.2 Å². The normalized spacial score (nSPS) is 15.5. The largest absolute Gasteiger partial charge is 0.477 e. The lowest BCUT2D eigenvalue weighted by molar-refractivity contribution is -0.127. The van der Waals surface area contributed by atoms with Crippen molar-refractivity contribution in [2.75, 3.05) is 23.3 Å². The van der Waals surface area contributed by atoms with Crippen LogP contribution in [0.3, 0.4) is 0 Å². The molecule has 1 atom stereocenters. The van der Waals surface area contributed by atoms with Crippen LogP contribution in [0.4, 0.5) is 15.8 Å². The van der Waals surface area contributed by atoms with Crippen molar-refractivity contribution in [2.24, 2.45) is 0 Å². The molecular formula is C20H22FN3O2S. The number of hydrogen-bond donors (Lipinski definition) is 2. The van der Waals surface area contributed by atoms with Crippen LogP contribution in [0.5, 0.6) is 5.75 Å². The van der Waals surface area contributed by atoms with Crippen molar-refractivity contribution in [1.29, 1.82) is 0 Å². The van der Waals surface area contributed by atoms with Gasteiger partial charge in [-0.1, -0.05) is 25.1 Å². The number of hydrogen-bond acceptors (Lipinski definition) is 3. The number of rotatable bonds is 4. The molecule has 0 aliphatic carbocycles. The Morgan fingerprint density at radius 1 is 1.33 bits per heavy atom. The highest BCUT2D eigenvalue weighted by Crippen LogP contribution is 2.33. The van der Waals surface area contributed by atoms with Crippen molar-refractivity contribution in [2.45, 2.75) is 26.4 Å². The minimum Gasteiger partial charge on any atom is -0.477 e. The smallest absolute Gasteiger partial charge is 0.262 e. The molecule has 0 aromatic heterocycles. The number of anilines is 2. The average Bonchev–Trinajstić information content (AvgIpc) is 2.68. The van der Waals surface area contributed by atoms with E-state index >= 15 is 0 Å². The van der Waals surface area contributed by atoms with Gasteiger partial charge < -0.3 is 20.3 Å². The van der Waals surface area contributed by atoms with E-state index in [9.17, 15) is 9.18 Å². The SMILES string of the molecule is CCCNC(=O)[C@@H]1CN(C(=S)Nc2ccc(C)c(F)c2)c2ccccc2O1. The molecule has 2 aromatic carbocycles. The van der Waals surface area contributed by atoms with Gasteiger partial charge >= 0.3 is 0 Å². The number of carbonyl (C=O) groups is 1. The Hall–Kier alpha value is -2.67. The van der Waals surface area contributed by atoms with Crippen LogP contribution in [-0.2, 0) is 4.79 Å². The van der Waals surface area contributed by atoms with Crippen molar-refractivity contribution in [3.05, 3.63) is 53.8 Å². The van der Waals surface area contributed by atoms with Crippen LogP contribution >= 0.6 is 12.2 Å². The molecule has 5 nitrogen and oxygen atoms in total. The number of fused-ring (bicyclic) bond motifs is 1. The fourth-order valence-electron chi connectivity index (χ4n) is 2.79. The van der Waals surface area contributed by atoms with E-state index < -0.39 is 6.10 Å². The zero-order valence-electron chi connectivity index (χ0n) is 15.3. The summed E-state index contributed by atoms with van der Waals surface area (Å²) in [5.41, 5.74) is 1.89. The van der Waals surface area contributed by atoms with Gasteiger partial charge in [0.1, 0.15) is 11.6 Å². The highest BCUT2D eigenvalue weighted by atomic mass is 32.1. The number of thiocarbonyl (C=S) groups is 1. The van der Waals surface area contributed by atoms with E-state index in [1.165, 1.54) is 6.07 Å². The maximum atomic E-state index is 13.8. The quantitative estimate of drug-likeness (QED) is 0.785. The maximum Gasteiger partial charge on any atom is 0.262 e. The minimum absolute atomic E-state index is 0.180. The van der Waals surface area contributed by atoms with Crippen LogP contribution in [0.1, 0.15) is 18.9 Å². The second-order valence-corrected chi connectivity index (χ2v) is 6.76. The van der Waals surface area contributed by atoms with E-state index in [-0.39, 0.29) is 18.3 Å². The topological polar surface area (TPSA) is 53.6 Å². The van der Waals surface area contributed by atoms with Gasteiger partial charge in [0.2, 0.25) is 0 Å². The van der Waals surface area contributed by atoms with Gasteiger partial charge in [0.05, 0.1) is 12.2 Å². The molecule has 0 unspecified atom stereocenters. The lowest BCUT2D eigenvalue weighted by atomic mass is 10.2. The standard InChI is InChI=1S/C20H22FN3O2S/c1-3-10-22-19(25)18-12-24(16-6-4-5-7-17(16)26-18)20(27)23-14-9-8-13(2)15(21)11-14/h4-9,11,18H,3,10,12H2,1-2H3,(H,22,25)(H,23,27)/t18-/m0/s1. The highest BCUT2D eigenvalue weighted by molar-refractivity contribution is 7.80.